The summed E-state index contributed by atoms with van der Waals surface area (Å²) in [5.41, 5.74) is 2.15. The summed E-state index contributed by atoms with van der Waals surface area (Å²) in [4.78, 5) is 1.49. The molecule has 0 aliphatic carbocycles. The fourth-order valence-electron chi connectivity index (χ4n) is 3.47. The zero-order valence-electron chi connectivity index (χ0n) is 12.7. The molecule has 2 atom stereocenters. The Morgan fingerprint density at radius 3 is 2.09 bits per heavy atom. The van der Waals surface area contributed by atoms with Crippen LogP contribution in [-0.4, -0.2) is 18.2 Å². The largest absolute Gasteiger partial charge is 0.382 e. The van der Waals surface area contributed by atoms with Gasteiger partial charge in [-0.05, 0) is 37.0 Å². The second-order valence-corrected chi connectivity index (χ2v) is 6.54. The number of rotatable bonds is 4. The van der Waals surface area contributed by atoms with Gasteiger partial charge < -0.3 is 10.0 Å². The second kappa shape index (κ2) is 7.28. The monoisotopic (exact) mass is 316 g/mol. The van der Waals surface area contributed by atoms with Crippen LogP contribution in [0.2, 0.25) is 5.02 Å². The van der Waals surface area contributed by atoms with E-state index in [1.54, 1.807) is 0 Å². The molecule has 0 spiro atoms. The Hall–Kier alpha value is -1.35. The van der Waals surface area contributed by atoms with Gasteiger partial charge in [0, 0.05) is 10.6 Å². The first-order valence-corrected chi connectivity index (χ1v) is 8.46. The maximum absolute atomic E-state index is 11.0. The fraction of sp³-hybridized carbons (Fsp3) is 0.368. The van der Waals surface area contributed by atoms with Crippen LogP contribution in [0, 0.1) is 0 Å². The smallest absolute Gasteiger partial charge is 0.144 e. The molecule has 2 N–H and O–H groups in total. The van der Waals surface area contributed by atoms with Crippen molar-refractivity contribution >= 4 is 11.6 Å². The number of benzene rings is 2. The van der Waals surface area contributed by atoms with Gasteiger partial charge in [-0.15, -0.1) is 0 Å². The van der Waals surface area contributed by atoms with E-state index in [2.05, 4.69) is 24.3 Å². The highest BCUT2D eigenvalue weighted by Gasteiger charge is 2.33. The van der Waals surface area contributed by atoms with E-state index < -0.39 is 6.10 Å². The highest BCUT2D eigenvalue weighted by Crippen LogP contribution is 2.28. The van der Waals surface area contributed by atoms with Crippen LogP contribution in [0.3, 0.4) is 0 Å². The number of hydrogen-bond donors (Lipinski definition) is 2. The van der Waals surface area contributed by atoms with Crippen LogP contribution in [0.4, 0.5) is 0 Å². The van der Waals surface area contributed by atoms with Gasteiger partial charge in [-0.3, -0.25) is 0 Å². The molecule has 1 aliphatic heterocycles. The molecule has 0 saturated carbocycles. The number of quaternary nitrogens is 1. The molecule has 2 aromatic rings. The van der Waals surface area contributed by atoms with Crippen LogP contribution in [-0.2, 0) is 0 Å². The van der Waals surface area contributed by atoms with E-state index in [1.807, 2.05) is 30.3 Å². The van der Waals surface area contributed by atoms with Gasteiger partial charge in [0.25, 0.3) is 0 Å². The minimum Gasteiger partial charge on any atom is -0.382 e. The van der Waals surface area contributed by atoms with Crippen LogP contribution < -0.4 is 4.90 Å². The zero-order valence-corrected chi connectivity index (χ0v) is 13.5. The molecule has 1 heterocycles. The Labute approximate surface area is 137 Å². The van der Waals surface area contributed by atoms with Gasteiger partial charge >= 0.3 is 0 Å². The van der Waals surface area contributed by atoms with E-state index >= 15 is 0 Å². The zero-order chi connectivity index (χ0) is 15.4. The Kier molecular flexibility index (Phi) is 5.14. The summed E-state index contributed by atoms with van der Waals surface area (Å²) in [6.45, 7) is 2.26. The molecular formula is C19H23ClNO+. The summed E-state index contributed by atoms with van der Waals surface area (Å²) < 4.78 is 0. The minimum atomic E-state index is -0.507. The van der Waals surface area contributed by atoms with Crippen LogP contribution in [0.15, 0.2) is 54.6 Å². The van der Waals surface area contributed by atoms with E-state index in [-0.39, 0.29) is 6.04 Å². The van der Waals surface area contributed by atoms with Crippen molar-refractivity contribution in [3.05, 3.63) is 70.7 Å². The number of piperidine rings is 1. The first-order valence-electron chi connectivity index (χ1n) is 8.09. The number of likely N-dealkylation sites (tertiary alicyclic amines) is 1. The Morgan fingerprint density at radius 2 is 1.45 bits per heavy atom. The molecular weight excluding hydrogens is 294 g/mol. The molecule has 0 amide bonds. The van der Waals surface area contributed by atoms with Gasteiger partial charge in [0.1, 0.15) is 12.1 Å². The highest BCUT2D eigenvalue weighted by molar-refractivity contribution is 6.30. The maximum atomic E-state index is 11.0. The molecule has 0 bridgehead atoms. The summed E-state index contributed by atoms with van der Waals surface area (Å²) in [6, 6.07) is 18.1. The molecule has 1 saturated heterocycles. The summed E-state index contributed by atoms with van der Waals surface area (Å²) in [6.07, 6.45) is 3.29. The first-order chi connectivity index (χ1) is 10.8. The molecule has 0 aromatic heterocycles. The van der Waals surface area contributed by atoms with Crippen molar-refractivity contribution in [2.75, 3.05) is 13.1 Å². The van der Waals surface area contributed by atoms with E-state index in [1.165, 1.54) is 29.7 Å². The minimum absolute atomic E-state index is 0.0858. The summed E-state index contributed by atoms with van der Waals surface area (Å²) in [5, 5.41) is 11.7. The molecule has 2 aromatic carbocycles. The van der Waals surface area contributed by atoms with Crippen molar-refractivity contribution in [1.29, 1.82) is 0 Å². The van der Waals surface area contributed by atoms with Crippen LogP contribution >= 0.6 is 11.6 Å². The number of aliphatic hydroxyl groups excluding tert-OH is 1. The average Bonchev–Trinajstić information content (AvgIpc) is 2.57. The lowest BCUT2D eigenvalue weighted by molar-refractivity contribution is -0.941. The van der Waals surface area contributed by atoms with Crippen molar-refractivity contribution in [3.8, 4) is 0 Å². The first kappa shape index (κ1) is 15.5. The van der Waals surface area contributed by atoms with E-state index in [4.69, 9.17) is 11.6 Å². The lowest BCUT2D eigenvalue weighted by Gasteiger charge is -2.34. The van der Waals surface area contributed by atoms with E-state index in [9.17, 15) is 5.11 Å². The van der Waals surface area contributed by atoms with Crippen LogP contribution in [0.25, 0.3) is 0 Å². The van der Waals surface area contributed by atoms with Gasteiger partial charge in [-0.25, -0.2) is 0 Å². The molecule has 1 fully saturated rings. The van der Waals surface area contributed by atoms with E-state index in [0.29, 0.717) is 5.02 Å². The lowest BCUT2D eigenvalue weighted by Crippen LogP contribution is -3.13. The molecule has 0 unspecified atom stereocenters. The SMILES string of the molecule is O[C@@H](c1ccc(Cl)cc1)[C@H](c1ccccc1)[NH+]1CCCCC1. The van der Waals surface area contributed by atoms with Crippen molar-refractivity contribution < 1.29 is 10.0 Å². The van der Waals surface area contributed by atoms with Gasteiger partial charge in [0.15, 0.2) is 0 Å². The Morgan fingerprint density at radius 1 is 0.818 bits per heavy atom. The normalized spacial score (nSPS) is 18.8. The molecule has 0 radical (unpaired) electrons. The molecule has 1 aliphatic rings. The molecule has 3 heteroatoms. The van der Waals surface area contributed by atoms with Gasteiger partial charge in [-0.2, -0.15) is 0 Å². The summed E-state index contributed by atoms with van der Waals surface area (Å²) in [7, 11) is 0. The number of aliphatic hydroxyl groups is 1. The highest BCUT2D eigenvalue weighted by atomic mass is 35.5. The Bertz CT molecular complexity index is 578. The summed E-state index contributed by atoms with van der Waals surface area (Å²) >= 11 is 5.97. The average molecular weight is 317 g/mol. The van der Waals surface area contributed by atoms with Crippen molar-refractivity contribution in [2.45, 2.75) is 31.4 Å². The van der Waals surface area contributed by atoms with Crippen molar-refractivity contribution in [3.63, 3.8) is 0 Å². The standard InChI is InChI=1S/C19H22ClNO/c20-17-11-9-16(10-12-17)19(22)18(15-7-3-1-4-8-15)21-13-5-2-6-14-21/h1,3-4,7-12,18-19,22H,2,5-6,13-14H2/p+1/t18-,19-/m0/s1. The number of halogens is 1. The predicted molar refractivity (Wildman–Crippen MR) is 90.1 cm³/mol. The number of hydrogen-bond acceptors (Lipinski definition) is 1. The third-order valence-electron chi connectivity index (χ3n) is 4.62. The van der Waals surface area contributed by atoms with Crippen LogP contribution in [0.1, 0.15) is 42.5 Å². The third kappa shape index (κ3) is 3.52. The lowest BCUT2D eigenvalue weighted by atomic mass is 9.93. The number of nitrogens with one attached hydrogen (secondary N) is 1. The van der Waals surface area contributed by atoms with Gasteiger partial charge in [-0.1, -0.05) is 54.1 Å². The van der Waals surface area contributed by atoms with Gasteiger partial charge in [0.2, 0.25) is 0 Å². The third-order valence-corrected chi connectivity index (χ3v) is 4.87. The Balaban J connectivity index is 1.91. The van der Waals surface area contributed by atoms with E-state index in [0.717, 1.165) is 18.7 Å². The molecule has 2 nitrogen and oxygen atoms in total. The maximum Gasteiger partial charge on any atom is 0.144 e. The predicted octanol–water partition coefficient (Wildman–Crippen LogP) is 3.18. The second-order valence-electron chi connectivity index (χ2n) is 6.10. The molecule has 22 heavy (non-hydrogen) atoms. The molecule has 3 rings (SSSR count). The van der Waals surface area contributed by atoms with Crippen LogP contribution in [0.5, 0.6) is 0 Å². The molecule has 116 valence electrons. The topological polar surface area (TPSA) is 24.7 Å². The van der Waals surface area contributed by atoms with Gasteiger partial charge in [0.05, 0.1) is 13.1 Å². The fourth-order valence-corrected chi connectivity index (χ4v) is 3.60. The van der Waals surface area contributed by atoms with Crippen molar-refractivity contribution in [2.24, 2.45) is 0 Å². The quantitative estimate of drug-likeness (QED) is 0.889. The van der Waals surface area contributed by atoms with Crippen molar-refractivity contribution in [1.82, 2.24) is 0 Å². The summed E-state index contributed by atoms with van der Waals surface area (Å²) in [5.74, 6) is 0.